The van der Waals surface area contributed by atoms with Crippen molar-refractivity contribution in [3.8, 4) is 11.5 Å². The molecule has 0 radical (unpaired) electrons. The molecule has 0 aromatic heterocycles. The largest absolute Gasteiger partial charge is 0.456 e. The van der Waals surface area contributed by atoms with Crippen LogP contribution in [0.4, 0.5) is 10.1 Å². The molecule has 0 atom stereocenters. The van der Waals surface area contributed by atoms with Crippen LogP contribution in [-0.4, -0.2) is 14.3 Å². The molecular weight excluding hydrogens is 562 g/mol. The number of halogens is 4. The number of carbonyl (C=O) groups excluding carboxylic acids is 1. The number of rotatable bonds is 8. The molecule has 0 fully saturated rings. The summed E-state index contributed by atoms with van der Waals surface area (Å²) in [4.78, 5) is 12.8. The highest BCUT2D eigenvalue weighted by molar-refractivity contribution is 7.92. The highest BCUT2D eigenvalue weighted by Crippen LogP contribution is 2.30. The Balaban J connectivity index is 1.51. The van der Waals surface area contributed by atoms with Gasteiger partial charge in [0.15, 0.2) is 0 Å². The molecule has 0 saturated carbocycles. The van der Waals surface area contributed by atoms with Crippen LogP contribution >= 0.6 is 34.8 Å². The first-order valence-electron chi connectivity index (χ1n) is 10.7. The average Bonchev–Trinajstić information content (AvgIpc) is 2.86. The predicted molar refractivity (Wildman–Crippen MR) is 143 cm³/mol. The van der Waals surface area contributed by atoms with Crippen molar-refractivity contribution < 1.29 is 22.3 Å². The molecule has 0 saturated heterocycles. The van der Waals surface area contributed by atoms with Crippen molar-refractivity contribution in [2.45, 2.75) is 11.4 Å². The molecule has 0 aliphatic carbocycles. The third kappa shape index (κ3) is 6.72. The standard InChI is InChI=1S/C26H18Cl3FN2O4S/c27-17-7-12-24(21(13-17)26(33)31-15-16-5-6-18(28)14-23(16)30)32-37(34,35)20-10-8-19(9-11-20)36-25-4-2-1-3-22(25)29/h1-14,32H,15H2,(H,31,33). The fourth-order valence-corrected chi connectivity index (χ4v) is 4.86. The summed E-state index contributed by atoms with van der Waals surface area (Å²) >= 11 is 17.9. The number of benzene rings is 4. The van der Waals surface area contributed by atoms with Gasteiger partial charge in [0.25, 0.3) is 15.9 Å². The number of hydrogen-bond donors (Lipinski definition) is 2. The second kappa shape index (κ2) is 11.4. The van der Waals surface area contributed by atoms with Crippen LogP contribution in [0.5, 0.6) is 11.5 Å². The van der Waals surface area contributed by atoms with Gasteiger partial charge in [-0.1, -0.05) is 53.0 Å². The van der Waals surface area contributed by atoms with Gasteiger partial charge in [0.2, 0.25) is 0 Å². The summed E-state index contributed by atoms with van der Waals surface area (Å²) in [7, 11) is -4.09. The van der Waals surface area contributed by atoms with Gasteiger partial charge in [-0.2, -0.15) is 0 Å². The van der Waals surface area contributed by atoms with Gasteiger partial charge >= 0.3 is 0 Å². The van der Waals surface area contributed by atoms with Crippen LogP contribution in [0.25, 0.3) is 0 Å². The molecule has 0 aliphatic heterocycles. The van der Waals surface area contributed by atoms with Crippen molar-refractivity contribution in [3.05, 3.63) is 117 Å². The Hall–Kier alpha value is -3.30. The molecule has 4 aromatic carbocycles. The van der Waals surface area contributed by atoms with Gasteiger partial charge in [-0.05, 0) is 66.7 Å². The Bertz CT molecular complexity index is 1560. The van der Waals surface area contributed by atoms with Crippen molar-refractivity contribution in [2.24, 2.45) is 0 Å². The third-order valence-electron chi connectivity index (χ3n) is 5.12. The topological polar surface area (TPSA) is 84.5 Å². The number of hydrogen-bond acceptors (Lipinski definition) is 4. The lowest BCUT2D eigenvalue weighted by Gasteiger charge is -2.14. The quantitative estimate of drug-likeness (QED) is 0.229. The lowest BCUT2D eigenvalue weighted by atomic mass is 10.1. The molecule has 11 heteroatoms. The molecule has 6 nitrogen and oxygen atoms in total. The Kier molecular flexibility index (Phi) is 8.24. The zero-order valence-electron chi connectivity index (χ0n) is 18.8. The zero-order valence-corrected chi connectivity index (χ0v) is 21.9. The van der Waals surface area contributed by atoms with E-state index < -0.39 is 21.7 Å². The van der Waals surface area contributed by atoms with Crippen molar-refractivity contribution in [2.75, 3.05) is 4.72 Å². The van der Waals surface area contributed by atoms with Crippen molar-refractivity contribution in [3.63, 3.8) is 0 Å². The minimum atomic E-state index is -4.09. The maximum atomic E-state index is 14.1. The van der Waals surface area contributed by atoms with Crippen LogP contribution in [0.2, 0.25) is 15.1 Å². The van der Waals surface area contributed by atoms with E-state index in [0.29, 0.717) is 16.5 Å². The van der Waals surface area contributed by atoms with E-state index in [1.165, 1.54) is 54.6 Å². The van der Waals surface area contributed by atoms with Gasteiger partial charge in [0.1, 0.15) is 17.3 Å². The molecular formula is C26H18Cl3FN2O4S. The van der Waals surface area contributed by atoms with E-state index in [0.717, 1.165) is 6.07 Å². The average molecular weight is 580 g/mol. The van der Waals surface area contributed by atoms with Gasteiger partial charge in [0.05, 0.1) is 21.2 Å². The summed E-state index contributed by atoms with van der Waals surface area (Å²) in [6.45, 7) is -0.145. The molecule has 0 aliphatic rings. The maximum absolute atomic E-state index is 14.1. The van der Waals surface area contributed by atoms with Gasteiger partial charge in [-0.25, -0.2) is 12.8 Å². The first-order chi connectivity index (χ1) is 17.6. The molecule has 0 heterocycles. The minimum absolute atomic E-state index is 0.00475. The summed E-state index contributed by atoms with van der Waals surface area (Å²) < 4.78 is 48.2. The Morgan fingerprint density at radius 1 is 0.865 bits per heavy atom. The van der Waals surface area contributed by atoms with Gasteiger partial charge < -0.3 is 10.1 Å². The summed E-state index contributed by atoms with van der Waals surface area (Å²) in [5, 5.41) is 3.41. The fourth-order valence-electron chi connectivity index (χ4n) is 3.27. The summed E-state index contributed by atoms with van der Waals surface area (Å²) in [5.41, 5.74) is 0.167. The van der Waals surface area contributed by atoms with E-state index >= 15 is 0 Å². The van der Waals surface area contributed by atoms with Gasteiger partial charge in [0, 0.05) is 22.2 Å². The number of sulfonamides is 1. The number of carbonyl (C=O) groups is 1. The molecule has 4 aromatic rings. The predicted octanol–water partition coefficient (Wildman–Crippen LogP) is 7.31. The number of nitrogens with one attached hydrogen (secondary N) is 2. The molecule has 0 unspecified atom stereocenters. The normalized spacial score (nSPS) is 11.1. The molecule has 1 amide bonds. The molecule has 2 N–H and O–H groups in total. The number of ether oxygens (including phenoxy) is 1. The first-order valence-corrected chi connectivity index (χ1v) is 13.3. The lowest BCUT2D eigenvalue weighted by Crippen LogP contribution is -2.25. The van der Waals surface area contributed by atoms with E-state index in [4.69, 9.17) is 39.5 Å². The Morgan fingerprint density at radius 2 is 1.54 bits per heavy atom. The molecule has 4 rings (SSSR count). The lowest BCUT2D eigenvalue weighted by molar-refractivity contribution is 0.0951. The maximum Gasteiger partial charge on any atom is 0.261 e. The van der Waals surface area contributed by atoms with Crippen LogP contribution < -0.4 is 14.8 Å². The van der Waals surface area contributed by atoms with E-state index in [9.17, 15) is 17.6 Å². The summed E-state index contributed by atoms with van der Waals surface area (Å²) in [5.74, 6) is -0.430. The number of amides is 1. The van der Waals surface area contributed by atoms with E-state index in [1.807, 2.05) is 0 Å². The Labute approximate surface area is 228 Å². The fraction of sp³-hybridized carbons (Fsp3) is 0.0385. The van der Waals surface area contributed by atoms with Crippen LogP contribution in [0.1, 0.15) is 15.9 Å². The summed E-state index contributed by atoms with van der Waals surface area (Å²) in [6.07, 6.45) is 0. The van der Waals surface area contributed by atoms with Crippen LogP contribution in [-0.2, 0) is 16.6 Å². The monoisotopic (exact) mass is 578 g/mol. The molecule has 190 valence electrons. The van der Waals surface area contributed by atoms with Gasteiger partial charge in [-0.15, -0.1) is 0 Å². The second-order valence-corrected chi connectivity index (χ2v) is 10.7. The highest BCUT2D eigenvalue weighted by atomic mass is 35.5. The molecule has 0 bridgehead atoms. The first kappa shape index (κ1) is 26.8. The van der Waals surface area contributed by atoms with Crippen LogP contribution in [0.3, 0.4) is 0 Å². The SMILES string of the molecule is O=C(NCc1ccc(Cl)cc1F)c1cc(Cl)ccc1NS(=O)(=O)c1ccc(Oc2ccccc2Cl)cc1. The van der Waals surface area contributed by atoms with Crippen molar-refractivity contribution in [1.82, 2.24) is 5.32 Å². The highest BCUT2D eigenvalue weighted by Gasteiger charge is 2.20. The van der Waals surface area contributed by atoms with Crippen molar-refractivity contribution >= 4 is 56.4 Å². The molecule has 0 spiro atoms. The van der Waals surface area contributed by atoms with E-state index in [1.54, 1.807) is 24.3 Å². The zero-order chi connectivity index (χ0) is 26.6. The third-order valence-corrected chi connectivity index (χ3v) is 7.29. The number of anilines is 1. The van der Waals surface area contributed by atoms with Crippen LogP contribution in [0.15, 0.2) is 89.8 Å². The molecule has 37 heavy (non-hydrogen) atoms. The number of para-hydroxylation sites is 1. The second-order valence-electron chi connectivity index (χ2n) is 7.72. The minimum Gasteiger partial charge on any atom is -0.456 e. The van der Waals surface area contributed by atoms with E-state index in [2.05, 4.69) is 10.0 Å². The van der Waals surface area contributed by atoms with E-state index in [-0.39, 0.29) is 38.3 Å². The van der Waals surface area contributed by atoms with Crippen LogP contribution in [0, 0.1) is 5.82 Å². The summed E-state index contributed by atoms with van der Waals surface area (Å²) in [6, 6.07) is 20.7. The van der Waals surface area contributed by atoms with Gasteiger partial charge in [-0.3, -0.25) is 9.52 Å². The smallest absolute Gasteiger partial charge is 0.261 e. The Morgan fingerprint density at radius 3 is 2.24 bits per heavy atom. The van der Waals surface area contributed by atoms with Crippen molar-refractivity contribution in [1.29, 1.82) is 0 Å².